The highest BCUT2D eigenvalue weighted by atomic mass is 35.5. The monoisotopic (exact) mass is 395 g/mol. The van der Waals surface area contributed by atoms with Crippen molar-refractivity contribution in [3.05, 3.63) is 46.7 Å². The van der Waals surface area contributed by atoms with Crippen LogP contribution < -0.4 is 4.74 Å². The van der Waals surface area contributed by atoms with Crippen LogP contribution in [-0.2, 0) is 4.74 Å². The molecule has 4 aromatic rings. The molecular weight excluding hydrogens is 378 g/mol. The largest absolute Gasteiger partial charge is 0.488 e. The molecule has 0 aliphatic carbocycles. The van der Waals surface area contributed by atoms with Gasteiger partial charge in [-0.1, -0.05) is 11.6 Å². The number of hydrogen-bond donors (Lipinski definition) is 0. The van der Waals surface area contributed by atoms with Crippen LogP contribution in [-0.4, -0.2) is 43.9 Å². The van der Waals surface area contributed by atoms with E-state index in [1.165, 1.54) is 0 Å². The van der Waals surface area contributed by atoms with Gasteiger partial charge in [0.05, 0.1) is 23.9 Å². The first-order valence-electron chi connectivity index (χ1n) is 9.13. The predicted molar refractivity (Wildman–Crippen MR) is 106 cm³/mol. The number of nitrogens with zero attached hydrogens (tertiary/aromatic N) is 5. The van der Waals surface area contributed by atoms with Crippen molar-refractivity contribution in [1.29, 1.82) is 0 Å². The third-order valence-corrected chi connectivity index (χ3v) is 5.18. The molecule has 0 N–H and O–H groups in total. The van der Waals surface area contributed by atoms with Crippen LogP contribution in [0.5, 0.6) is 5.75 Å². The third kappa shape index (κ3) is 2.87. The molecule has 0 saturated carbocycles. The number of pyridine rings is 1. The molecule has 0 radical (unpaired) electrons. The van der Waals surface area contributed by atoms with Crippen LogP contribution in [0.2, 0.25) is 5.02 Å². The minimum Gasteiger partial charge on any atom is -0.488 e. The first-order chi connectivity index (χ1) is 13.6. The van der Waals surface area contributed by atoms with Gasteiger partial charge in [0.15, 0.2) is 17.1 Å². The molecule has 1 aliphatic rings. The summed E-state index contributed by atoms with van der Waals surface area (Å²) in [5.74, 6) is 1.34. The van der Waals surface area contributed by atoms with E-state index in [-0.39, 0.29) is 6.10 Å². The number of halogens is 1. The van der Waals surface area contributed by atoms with Gasteiger partial charge in [-0.05, 0) is 44.2 Å². The number of aromatic nitrogens is 5. The standard InChI is InChI=1S/C20H18ClN5O2/c1-11-3-6-17-20(22-11)26-18(12(2)23-17)24-25-19(26)15-9-13(4-5-16(15)21)28-14-7-8-27-10-14/h3-6,9,14H,7-8,10H2,1-2H3/t14-/m1/s1. The maximum absolute atomic E-state index is 6.53. The molecular formula is C20H18ClN5O2. The smallest absolute Gasteiger partial charge is 0.184 e. The Morgan fingerprint density at radius 2 is 2.00 bits per heavy atom. The fourth-order valence-electron chi connectivity index (χ4n) is 3.46. The van der Waals surface area contributed by atoms with Gasteiger partial charge in [-0.25, -0.2) is 9.97 Å². The second-order valence-electron chi connectivity index (χ2n) is 6.92. The maximum atomic E-state index is 6.53. The summed E-state index contributed by atoms with van der Waals surface area (Å²) in [6.45, 7) is 5.18. The minimum absolute atomic E-state index is 0.0563. The summed E-state index contributed by atoms with van der Waals surface area (Å²) in [6.07, 6.45) is 0.936. The molecule has 1 atom stereocenters. The lowest BCUT2D eigenvalue weighted by Gasteiger charge is -2.13. The normalized spacial score (nSPS) is 16.9. The highest BCUT2D eigenvalue weighted by Crippen LogP contribution is 2.33. The predicted octanol–water partition coefficient (Wildman–Crippen LogP) is 3.78. The Labute approximate surface area is 166 Å². The molecule has 0 unspecified atom stereocenters. The van der Waals surface area contributed by atoms with Crippen molar-refractivity contribution < 1.29 is 9.47 Å². The van der Waals surface area contributed by atoms with Crippen LogP contribution in [0.3, 0.4) is 0 Å². The van der Waals surface area contributed by atoms with Gasteiger partial charge < -0.3 is 9.47 Å². The van der Waals surface area contributed by atoms with Crippen molar-refractivity contribution in [3.8, 4) is 17.1 Å². The molecule has 0 spiro atoms. The average molecular weight is 396 g/mol. The molecule has 0 amide bonds. The molecule has 1 saturated heterocycles. The average Bonchev–Trinajstić information content (AvgIpc) is 3.34. The first-order valence-corrected chi connectivity index (χ1v) is 9.51. The molecule has 7 nitrogen and oxygen atoms in total. The lowest BCUT2D eigenvalue weighted by Crippen LogP contribution is -2.15. The summed E-state index contributed by atoms with van der Waals surface area (Å²) in [6, 6.07) is 9.47. The van der Waals surface area contributed by atoms with E-state index >= 15 is 0 Å². The second kappa shape index (κ2) is 6.68. The number of fused-ring (bicyclic) bond motifs is 3. The van der Waals surface area contributed by atoms with Crippen LogP contribution in [0.25, 0.3) is 28.2 Å². The summed E-state index contributed by atoms with van der Waals surface area (Å²) >= 11 is 6.53. The highest BCUT2D eigenvalue weighted by Gasteiger charge is 2.20. The number of benzene rings is 1. The summed E-state index contributed by atoms with van der Waals surface area (Å²) in [7, 11) is 0. The fraction of sp³-hybridized carbons (Fsp3) is 0.300. The van der Waals surface area contributed by atoms with E-state index in [4.69, 9.17) is 21.1 Å². The van der Waals surface area contributed by atoms with Crippen molar-refractivity contribution in [2.24, 2.45) is 0 Å². The summed E-state index contributed by atoms with van der Waals surface area (Å²) in [5.41, 5.74) is 4.55. The van der Waals surface area contributed by atoms with Crippen LogP contribution >= 0.6 is 11.6 Å². The fourth-order valence-corrected chi connectivity index (χ4v) is 3.66. The molecule has 5 rings (SSSR count). The zero-order valence-electron chi connectivity index (χ0n) is 15.5. The van der Waals surface area contributed by atoms with Gasteiger partial charge in [0.25, 0.3) is 0 Å². The molecule has 1 aromatic carbocycles. The number of ether oxygens (including phenoxy) is 2. The van der Waals surface area contributed by atoms with Gasteiger partial charge in [0.1, 0.15) is 17.4 Å². The van der Waals surface area contributed by atoms with Gasteiger partial charge in [0, 0.05) is 17.7 Å². The Kier molecular flexibility index (Phi) is 4.14. The zero-order valence-corrected chi connectivity index (χ0v) is 16.3. The third-order valence-electron chi connectivity index (χ3n) is 4.85. The SMILES string of the molecule is Cc1ccc2nc(C)c3nnc(-c4cc(O[C@@H]5CCOC5)ccc4Cl)n3c2n1. The summed E-state index contributed by atoms with van der Waals surface area (Å²) in [5, 5.41) is 9.32. The van der Waals surface area contributed by atoms with Crippen molar-refractivity contribution in [3.63, 3.8) is 0 Å². The van der Waals surface area contributed by atoms with Gasteiger partial charge in [-0.15, -0.1) is 10.2 Å². The first kappa shape index (κ1) is 17.3. The van der Waals surface area contributed by atoms with E-state index in [1.54, 1.807) is 0 Å². The van der Waals surface area contributed by atoms with Gasteiger partial charge in [-0.3, -0.25) is 4.40 Å². The van der Waals surface area contributed by atoms with E-state index in [1.807, 2.05) is 48.6 Å². The van der Waals surface area contributed by atoms with Gasteiger partial charge >= 0.3 is 0 Å². The molecule has 1 aliphatic heterocycles. The summed E-state index contributed by atoms with van der Waals surface area (Å²) < 4.78 is 13.3. The summed E-state index contributed by atoms with van der Waals surface area (Å²) in [4.78, 5) is 9.27. The molecule has 8 heteroatoms. The van der Waals surface area contributed by atoms with Crippen LogP contribution in [0, 0.1) is 13.8 Å². The number of rotatable bonds is 3. The van der Waals surface area contributed by atoms with Crippen LogP contribution in [0.4, 0.5) is 0 Å². The van der Waals surface area contributed by atoms with Gasteiger partial charge in [0.2, 0.25) is 0 Å². The lowest BCUT2D eigenvalue weighted by atomic mass is 10.2. The molecule has 28 heavy (non-hydrogen) atoms. The van der Waals surface area contributed by atoms with Crippen LogP contribution in [0.1, 0.15) is 17.8 Å². The van der Waals surface area contributed by atoms with Crippen LogP contribution in [0.15, 0.2) is 30.3 Å². The Bertz CT molecular complexity index is 1200. The minimum atomic E-state index is 0.0563. The van der Waals surface area contributed by atoms with Gasteiger partial charge in [-0.2, -0.15) is 0 Å². The van der Waals surface area contributed by atoms with E-state index in [2.05, 4.69) is 20.2 Å². The van der Waals surface area contributed by atoms with E-state index in [0.717, 1.165) is 41.2 Å². The van der Waals surface area contributed by atoms with E-state index in [9.17, 15) is 0 Å². The molecule has 4 heterocycles. The van der Waals surface area contributed by atoms with Crippen molar-refractivity contribution in [2.45, 2.75) is 26.4 Å². The number of aryl methyl sites for hydroxylation is 2. The Balaban J connectivity index is 1.71. The quantitative estimate of drug-likeness (QED) is 0.525. The number of hydrogen-bond acceptors (Lipinski definition) is 6. The Morgan fingerprint density at radius 3 is 2.82 bits per heavy atom. The molecule has 0 bridgehead atoms. The maximum Gasteiger partial charge on any atom is 0.184 e. The second-order valence-corrected chi connectivity index (χ2v) is 7.33. The Morgan fingerprint density at radius 1 is 1.11 bits per heavy atom. The van der Waals surface area contributed by atoms with E-state index in [0.29, 0.717) is 28.7 Å². The van der Waals surface area contributed by atoms with Crippen molar-refractivity contribution in [2.75, 3.05) is 13.2 Å². The molecule has 142 valence electrons. The molecule has 1 fully saturated rings. The lowest BCUT2D eigenvalue weighted by molar-refractivity contribution is 0.141. The molecule has 3 aromatic heterocycles. The topological polar surface area (TPSA) is 74.4 Å². The zero-order chi connectivity index (χ0) is 19.3. The van der Waals surface area contributed by atoms with Crippen molar-refractivity contribution in [1.82, 2.24) is 24.6 Å². The Hall–Kier alpha value is -2.77. The van der Waals surface area contributed by atoms with Crippen molar-refractivity contribution >= 4 is 28.4 Å². The van der Waals surface area contributed by atoms with E-state index < -0.39 is 0 Å². The highest BCUT2D eigenvalue weighted by molar-refractivity contribution is 6.33.